The summed E-state index contributed by atoms with van der Waals surface area (Å²) in [5.41, 5.74) is 1.00. The number of aliphatic carboxylic acids is 1. The van der Waals surface area contributed by atoms with Crippen LogP contribution in [0.25, 0.3) is 0 Å². The van der Waals surface area contributed by atoms with Crippen LogP contribution in [0.2, 0.25) is 0 Å². The Morgan fingerprint density at radius 3 is 2.25 bits per heavy atom. The van der Waals surface area contributed by atoms with E-state index in [-0.39, 0.29) is 24.5 Å². The number of carboxylic acids is 1. The third kappa shape index (κ3) is 4.91. The number of carboxylic acid groups (broad SMARTS) is 1. The molecule has 0 fully saturated rings. The van der Waals surface area contributed by atoms with Gasteiger partial charge in [0, 0.05) is 6.54 Å². The third-order valence-electron chi connectivity index (χ3n) is 3.25. The Bertz CT molecular complexity index is 446. The lowest BCUT2D eigenvalue weighted by molar-refractivity contribution is -0.142. The summed E-state index contributed by atoms with van der Waals surface area (Å²) in [6, 6.07) is 9.11. The maximum atomic E-state index is 11.8. The van der Waals surface area contributed by atoms with Gasteiger partial charge in [-0.3, -0.25) is 4.79 Å². The molecule has 0 spiro atoms. The van der Waals surface area contributed by atoms with E-state index in [2.05, 4.69) is 10.6 Å². The first-order chi connectivity index (χ1) is 9.41. The van der Waals surface area contributed by atoms with Crippen LogP contribution in [0.15, 0.2) is 30.3 Å². The standard InChI is InChI=1S/C15H22N2O3/c1-10(2)13(14(18)19)9-16-15(20)17-11(3)12-7-5-4-6-8-12/h4-8,10-11,13H,9H2,1-3H3,(H,18,19)(H2,16,17,20). The molecule has 0 heterocycles. The molecule has 1 aromatic carbocycles. The van der Waals surface area contributed by atoms with Crippen molar-refractivity contribution in [3.05, 3.63) is 35.9 Å². The number of carbonyl (C=O) groups excluding carboxylic acids is 1. The largest absolute Gasteiger partial charge is 0.481 e. The van der Waals surface area contributed by atoms with E-state index in [0.717, 1.165) is 5.56 Å². The van der Waals surface area contributed by atoms with Crippen molar-refractivity contribution in [1.29, 1.82) is 0 Å². The van der Waals surface area contributed by atoms with E-state index in [4.69, 9.17) is 5.11 Å². The Labute approximate surface area is 119 Å². The first kappa shape index (κ1) is 16.0. The van der Waals surface area contributed by atoms with Crippen LogP contribution >= 0.6 is 0 Å². The first-order valence-corrected chi connectivity index (χ1v) is 6.74. The molecule has 5 heteroatoms. The molecule has 1 rings (SSSR count). The smallest absolute Gasteiger partial charge is 0.315 e. The highest BCUT2D eigenvalue weighted by atomic mass is 16.4. The number of hydrogen-bond acceptors (Lipinski definition) is 2. The third-order valence-corrected chi connectivity index (χ3v) is 3.25. The monoisotopic (exact) mass is 278 g/mol. The minimum atomic E-state index is -0.892. The highest BCUT2D eigenvalue weighted by Gasteiger charge is 2.22. The summed E-state index contributed by atoms with van der Waals surface area (Å²) >= 11 is 0. The van der Waals surface area contributed by atoms with Gasteiger partial charge in [0.15, 0.2) is 0 Å². The second-order valence-corrected chi connectivity index (χ2v) is 5.18. The lowest BCUT2D eigenvalue weighted by atomic mass is 9.96. The SMILES string of the molecule is CC(NC(=O)NCC(C(=O)O)C(C)C)c1ccccc1. The van der Waals surface area contributed by atoms with Crippen molar-refractivity contribution >= 4 is 12.0 Å². The maximum Gasteiger partial charge on any atom is 0.315 e. The van der Waals surface area contributed by atoms with E-state index in [1.54, 1.807) is 0 Å². The molecular formula is C15H22N2O3. The Hall–Kier alpha value is -2.04. The minimum Gasteiger partial charge on any atom is -0.481 e. The van der Waals surface area contributed by atoms with Gasteiger partial charge in [-0.05, 0) is 18.4 Å². The maximum absolute atomic E-state index is 11.8. The number of nitrogens with one attached hydrogen (secondary N) is 2. The summed E-state index contributed by atoms with van der Waals surface area (Å²) in [5.74, 6) is -1.50. The molecule has 0 radical (unpaired) electrons. The van der Waals surface area contributed by atoms with E-state index < -0.39 is 11.9 Å². The van der Waals surface area contributed by atoms with Crippen molar-refractivity contribution in [2.45, 2.75) is 26.8 Å². The Balaban J connectivity index is 2.46. The molecule has 5 nitrogen and oxygen atoms in total. The van der Waals surface area contributed by atoms with Crippen LogP contribution in [0.5, 0.6) is 0 Å². The molecule has 0 aromatic heterocycles. The molecule has 1 aromatic rings. The Kier molecular flexibility index (Phi) is 6.03. The minimum absolute atomic E-state index is 0.0284. The Morgan fingerprint density at radius 1 is 1.15 bits per heavy atom. The molecule has 0 aliphatic carbocycles. The summed E-state index contributed by atoms with van der Waals surface area (Å²) in [6.45, 7) is 5.66. The van der Waals surface area contributed by atoms with E-state index in [0.29, 0.717) is 0 Å². The summed E-state index contributed by atoms with van der Waals surface area (Å²) in [6.07, 6.45) is 0. The van der Waals surface area contributed by atoms with Crippen LogP contribution in [0.3, 0.4) is 0 Å². The van der Waals surface area contributed by atoms with Crippen LogP contribution in [0.4, 0.5) is 4.79 Å². The van der Waals surface area contributed by atoms with Crippen LogP contribution < -0.4 is 10.6 Å². The molecule has 2 amide bonds. The van der Waals surface area contributed by atoms with Crippen LogP contribution in [-0.4, -0.2) is 23.7 Å². The predicted molar refractivity (Wildman–Crippen MR) is 77.4 cm³/mol. The molecule has 2 atom stereocenters. The fourth-order valence-electron chi connectivity index (χ4n) is 1.88. The molecule has 2 unspecified atom stereocenters. The molecule has 0 saturated carbocycles. The van der Waals surface area contributed by atoms with Gasteiger partial charge in [0.25, 0.3) is 0 Å². The highest BCUT2D eigenvalue weighted by molar-refractivity contribution is 5.76. The van der Waals surface area contributed by atoms with Gasteiger partial charge in [-0.2, -0.15) is 0 Å². The van der Waals surface area contributed by atoms with Crippen LogP contribution in [-0.2, 0) is 4.79 Å². The van der Waals surface area contributed by atoms with Gasteiger partial charge in [-0.25, -0.2) is 4.79 Å². The molecule has 110 valence electrons. The average Bonchev–Trinajstić information content (AvgIpc) is 2.39. The first-order valence-electron chi connectivity index (χ1n) is 6.74. The fourth-order valence-corrected chi connectivity index (χ4v) is 1.88. The zero-order valence-electron chi connectivity index (χ0n) is 12.1. The number of rotatable bonds is 6. The summed E-state index contributed by atoms with van der Waals surface area (Å²) in [4.78, 5) is 22.8. The molecule has 0 bridgehead atoms. The normalized spacial score (nSPS) is 13.6. The second kappa shape index (κ2) is 7.53. The molecule has 3 N–H and O–H groups in total. The van der Waals surface area contributed by atoms with Crippen LogP contribution in [0.1, 0.15) is 32.4 Å². The molecule has 20 heavy (non-hydrogen) atoms. The Morgan fingerprint density at radius 2 is 1.75 bits per heavy atom. The van der Waals surface area contributed by atoms with Crippen molar-refractivity contribution in [3.63, 3.8) is 0 Å². The summed E-state index contributed by atoms with van der Waals surface area (Å²) in [7, 11) is 0. The van der Waals surface area contributed by atoms with Gasteiger partial charge in [0.05, 0.1) is 12.0 Å². The summed E-state index contributed by atoms with van der Waals surface area (Å²) in [5, 5.41) is 14.4. The van der Waals surface area contributed by atoms with E-state index in [9.17, 15) is 9.59 Å². The van der Waals surface area contributed by atoms with Gasteiger partial charge >= 0.3 is 12.0 Å². The van der Waals surface area contributed by atoms with Crippen molar-refractivity contribution < 1.29 is 14.7 Å². The molecule has 0 aliphatic heterocycles. The quantitative estimate of drug-likeness (QED) is 0.747. The number of carbonyl (C=O) groups is 2. The van der Waals surface area contributed by atoms with Crippen molar-refractivity contribution in [2.24, 2.45) is 11.8 Å². The van der Waals surface area contributed by atoms with Gasteiger partial charge in [-0.1, -0.05) is 44.2 Å². The number of amides is 2. The van der Waals surface area contributed by atoms with E-state index in [1.165, 1.54) is 0 Å². The van der Waals surface area contributed by atoms with Crippen LogP contribution in [0, 0.1) is 11.8 Å². The number of benzene rings is 1. The predicted octanol–water partition coefficient (Wildman–Crippen LogP) is 2.40. The van der Waals surface area contributed by atoms with Crippen molar-refractivity contribution in [2.75, 3.05) is 6.54 Å². The molecule has 0 saturated heterocycles. The van der Waals surface area contributed by atoms with Gasteiger partial charge in [0.2, 0.25) is 0 Å². The van der Waals surface area contributed by atoms with Crippen molar-refractivity contribution in [1.82, 2.24) is 10.6 Å². The average molecular weight is 278 g/mol. The van der Waals surface area contributed by atoms with Crippen molar-refractivity contribution in [3.8, 4) is 0 Å². The summed E-state index contributed by atoms with van der Waals surface area (Å²) < 4.78 is 0. The molecular weight excluding hydrogens is 256 g/mol. The van der Waals surface area contributed by atoms with E-state index in [1.807, 2.05) is 51.1 Å². The lowest BCUT2D eigenvalue weighted by Gasteiger charge is -2.19. The zero-order valence-corrected chi connectivity index (χ0v) is 12.1. The van der Waals surface area contributed by atoms with Gasteiger partial charge in [0.1, 0.15) is 0 Å². The molecule has 0 aliphatic rings. The topological polar surface area (TPSA) is 78.4 Å². The second-order valence-electron chi connectivity index (χ2n) is 5.18. The lowest BCUT2D eigenvalue weighted by Crippen LogP contribution is -2.42. The van der Waals surface area contributed by atoms with Gasteiger partial charge in [-0.15, -0.1) is 0 Å². The fraction of sp³-hybridized carbons (Fsp3) is 0.467. The highest BCUT2D eigenvalue weighted by Crippen LogP contribution is 2.11. The zero-order chi connectivity index (χ0) is 15.1. The van der Waals surface area contributed by atoms with Gasteiger partial charge < -0.3 is 15.7 Å². The number of hydrogen-bond donors (Lipinski definition) is 3. The number of urea groups is 1. The van der Waals surface area contributed by atoms with E-state index >= 15 is 0 Å².